The second kappa shape index (κ2) is 18.3. The van der Waals surface area contributed by atoms with Crippen LogP contribution in [0.3, 0.4) is 0 Å². The molecule has 14 nitrogen and oxygen atoms in total. The smallest absolute Gasteiger partial charge is 0.417 e. The number of thiol groups is 1. The summed E-state index contributed by atoms with van der Waals surface area (Å²) < 4.78 is 47.9. The highest BCUT2D eigenvalue weighted by atomic mass is 32.1. The number of piperidine rings is 1. The third kappa shape index (κ3) is 9.78. The number of amides is 4. The number of nitrogens with zero attached hydrogens (tertiary/aromatic N) is 6. The highest BCUT2D eigenvalue weighted by Crippen LogP contribution is 2.44. The van der Waals surface area contributed by atoms with Crippen LogP contribution in [0.1, 0.15) is 82.6 Å². The lowest BCUT2D eigenvalue weighted by Gasteiger charge is -2.44. The highest BCUT2D eigenvalue weighted by molar-refractivity contribution is 7.81. The summed E-state index contributed by atoms with van der Waals surface area (Å²) in [7, 11) is 0. The van der Waals surface area contributed by atoms with Gasteiger partial charge in [0.2, 0.25) is 17.7 Å². The number of nitrogens with one attached hydrogen (secondary N) is 3. The fourth-order valence-electron chi connectivity index (χ4n) is 8.39. The molecule has 2 unspecified atom stereocenters. The minimum Gasteiger partial charge on any atom is -0.492 e. The summed E-state index contributed by atoms with van der Waals surface area (Å²) >= 11 is 4.75. The van der Waals surface area contributed by atoms with E-state index in [1.165, 1.54) is 11.0 Å². The van der Waals surface area contributed by atoms with E-state index in [2.05, 4.69) is 45.7 Å². The largest absolute Gasteiger partial charge is 0.492 e. The Morgan fingerprint density at radius 3 is 2.29 bits per heavy atom. The minimum atomic E-state index is -4.79. The zero-order valence-corrected chi connectivity index (χ0v) is 36.2. The summed E-state index contributed by atoms with van der Waals surface area (Å²) in [5.74, 6) is -0.809. The monoisotopic (exact) mass is 873 g/mol. The molecule has 0 aliphatic carbocycles. The van der Waals surface area contributed by atoms with Crippen LogP contribution in [0, 0.1) is 22.7 Å². The molecule has 0 spiro atoms. The number of halogens is 3. The topological polar surface area (TPSA) is 174 Å². The number of alkyl halides is 3. The van der Waals surface area contributed by atoms with E-state index in [9.17, 15) is 42.9 Å². The standard InChI is InChI=1S/C44H50F3N9O5S/c1-25(2)34-18-33(56-42(62)55(41(60)43(56,5)6)32-8-7-29(21-49)35(19-32)44(45,46)47)9-11-37(34)61-14-13-53-22-26(3)54(27(4)23-53)24-39(58)51-31-16-28(20-48)15-30(17-31)50-36-10-12-38(57)52-40(36)59/h7-9,11,15-19,25-27,36,42,50,62H,10,12-14,22-24H2,1-6H3,(H,51,58)(H,52,57,59)/t26-,27+,36?,42?. The Bertz CT molecular complexity index is 2320. The van der Waals surface area contributed by atoms with Crippen molar-refractivity contribution < 1.29 is 37.1 Å². The summed E-state index contributed by atoms with van der Waals surface area (Å²) in [6.07, 6.45) is -4.28. The van der Waals surface area contributed by atoms with E-state index in [0.29, 0.717) is 61.0 Å². The number of hydrogen-bond donors (Lipinski definition) is 4. The van der Waals surface area contributed by atoms with Gasteiger partial charge in [-0.25, -0.2) is 0 Å². The van der Waals surface area contributed by atoms with Gasteiger partial charge in [0, 0.05) is 60.9 Å². The number of hydrogen-bond acceptors (Lipinski definition) is 12. The van der Waals surface area contributed by atoms with Gasteiger partial charge in [0.25, 0.3) is 5.91 Å². The van der Waals surface area contributed by atoms with Crippen molar-refractivity contribution >= 4 is 59.0 Å². The zero-order chi connectivity index (χ0) is 45.3. The Morgan fingerprint density at radius 1 is 0.984 bits per heavy atom. The van der Waals surface area contributed by atoms with Gasteiger partial charge in [0.15, 0.2) is 5.50 Å². The van der Waals surface area contributed by atoms with Crippen molar-refractivity contribution in [3.8, 4) is 17.9 Å². The predicted octanol–water partition coefficient (Wildman–Crippen LogP) is 6.05. The number of piperazine rings is 1. The molecule has 0 saturated carbocycles. The Hall–Kier alpha value is -5.82. The maximum Gasteiger partial charge on any atom is 0.417 e. The number of rotatable bonds is 12. The quantitative estimate of drug-likeness (QED) is 0.123. The second-order valence-corrected chi connectivity index (χ2v) is 17.2. The van der Waals surface area contributed by atoms with Crippen molar-refractivity contribution in [2.24, 2.45) is 0 Å². The maximum absolute atomic E-state index is 13.9. The Balaban J connectivity index is 1.06. The van der Waals surface area contributed by atoms with Crippen molar-refractivity contribution in [3.63, 3.8) is 0 Å². The van der Waals surface area contributed by atoms with Crippen LogP contribution in [-0.2, 0) is 25.4 Å². The highest BCUT2D eigenvalue weighted by Gasteiger charge is 2.52. The summed E-state index contributed by atoms with van der Waals surface area (Å²) in [6.45, 7) is 14.0. The number of imide groups is 1. The minimum absolute atomic E-state index is 0.0130. The average molecular weight is 874 g/mol. The molecule has 3 heterocycles. The number of anilines is 4. The molecule has 3 aliphatic heterocycles. The van der Waals surface area contributed by atoms with Gasteiger partial charge in [-0.05, 0) is 100 Å². The number of ether oxygens (including phenoxy) is 1. The molecule has 3 fully saturated rings. The second-order valence-electron chi connectivity index (χ2n) is 16.8. The van der Waals surface area contributed by atoms with Crippen molar-refractivity contribution in [1.29, 1.82) is 10.5 Å². The molecule has 0 bridgehead atoms. The van der Waals surface area contributed by atoms with E-state index < -0.39 is 46.2 Å². The van der Waals surface area contributed by atoms with Crippen LogP contribution in [0.25, 0.3) is 0 Å². The first kappa shape index (κ1) is 45.7. The lowest BCUT2D eigenvalue weighted by molar-refractivity contribution is -0.138. The molecule has 4 amide bonds. The van der Waals surface area contributed by atoms with Crippen LogP contribution in [-0.4, -0.2) is 95.4 Å². The van der Waals surface area contributed by atoms with E-state index in [1.54, 1.807) is 43.0 Å². The van der Waals surface area contributed by atoms with Gasteiger partial charge in [-0.3, -0.25) is 39.2 Å². The molecule has 3 aliphatic rings. The van der Waals surface area contributed by atoms with E-state index in [-0.39, 0.29) is 48.5 Å². The van der Waals surface area contributed by atoms with Crippen LogP contribution in [0.5, 0.6) is 5.75 Å². The normalized spacial score (nSPS) is 22.0. The van der Waals surface area contributed by atoms with E-state index >= 15 is 0 Å². The molecule has 0 radical (unpaired) electrons. The first-order valence-electron chi connectivity index (χ1n) is 20.3. The summed E-state index contributed by atoms with van der Waals surface area (Å²) in [6, 6.07) is 16.6. The Labute approximate surface area is 364 Å². The molecular weight excluding hydrogens is 824 g/mol. The molecule has 3 N–H and O–H groups in total. The predicted molar refractivity (Wildman–Crippen MR) is 231 cm³/mol. The molecule has 3 saturated heterocycles. The van der Waals surface area contributed by atoms with Crippen LogP contribution < -0.4 is 30.5 Å². The summed E-state index contributed by atoms with van der Waals surface area (Å²) in [4.78, 5) is 58.3. The lowest BCUT2D eigenvalue weighted by Crippen LogP contribution is -2.58. The van der Waals surface area contributed by atoms with E-state index in [1.807, 2.05) is 32.0 Å². The van der Waals surface area contributed by atoms with Crippen molar-refractivity contribution in [2.75, 3.05) is 53.2 Å². The van der Waals surface area contributed by atoms with Gasteiger partial charge in [-0.1, -0.05) is 13.8 Å². The van der Waals surface area contributed by atoms with Crippen molar-refractivity contribution in [3.05, 3.63) is 76.9 Å². The third-order valence-corrected chi connectivity index (χ3v) is 12.0. The fraction of sp³-hybridized carbons (Fsp3) is 0.455. The van der Waals surface area contributed by atoms with Crippen LogP contribution in [0.4, 0.5) is 35.9 Å². The van der Waals surface area contributed by atoms with Gasteiger partial charge in [-0.15, -0.1) is 12.6 Å². The van der Waals surface area contributed by atoms with E-state index in [4.69, 9.17) is 17.4 Å². The first-order chi connectivity index (χ1) is 29.2. The van der Waals surface area contributed by atoms with Gasteiger partial charge in [-0.2, -0.15) is 23.7 Å². The molecule has 3 aromatic carbocycles. The number of benzene rings is 3. The SMILES string of the molecule is CC(C)c1cc(N2C(S)N(c3ccc(C#N)c(C(F)(F)F)c3)C(=O)C2(C)C)ccc1OCCN1C[C@@H](C)N(CC(=O)Nc2cc(C#N)cc(NC3CCC(=O)NC3=O)c2)[C@@H](C)C1. The van der Waals surface area contributed by atoms with E-state index in [0.717, 1.165) is 17.7 Å². The fourth-order valence-corrected chi connectivity index (χ4v) is 9.05. The third-order valence-electron chi connectivity index (χ3n) is 11.5. The van der Waals surface area contributed by atoms with Gasteiger partial charge >= 0.3 is 6.18 Å². The molecular formula is C44H50F3N9O5S. The van der Waals surface area contributed by atoms with Crippen molar-refractivity contribution in [1.82, 2.24) is 15.1 Å². The first-order valence-corrected chi connectivity index (χ1v) is 20.9. The van der Waals surface area contributed by atoms with Crippen LogP contribution in [0.15, 0.2) is 54.6 Å². The Kier molecular flexibility index (Phi) is 13.5. The molecule has 6 rings (SSSR count). The Morgan fingerprint density at radius 2 is 1.66 bits per heavy atom. The maximum atomic E-state index is 13.9. The van der Waals surface area contributed by atoms with Crippen LogP contribution in [0.2, 0.25) is 0 Å². The molecule has 3 aromatic rings. The summed E-state index contributed by atoms with van der Waals surface area (Å²) in [5, 5.41) is 27.2. The molecule has 4 atom stereocenters. The van der Waals surface area contributed by atoms with Gasteiger partial charge in [0.1, 0.15) is 23.9 Å². The van der Waals surface area contributed by atoms with Gasteiger partial charge in [0.05, 0.1) is 35.4 Å². The number of carbonyl (C=O) groups excluding carboxylic acids is 4. The number of nitriles is 2. The molecule has 0 aromatic heterocycles. The number of carbonyl (C=O) groups is 4. The molecule has 328 valence electrons. The molecule has 62 heavy (non-hydrogen) atoms. The lowest BCUT2D eigenvalue weighted by atomic mass is 9.98. The molecule has 18 heteroatoms. The summed E-state index contributed by atoms with van der Waals surface area (Å²) in [5.41, 5.74) is -1.14. The van der Waals surface area contributed by atoms with Crippen molar-refractivity contribution in [2.45, 2.75) is 95.6 Å². The zero-order valence-electron chi connectivity index (χ0n) is 35.3. The average Bonchev–Trinajstić information content (AvgIpc) is 3.38. The van der Waals surface area contributed by atoms with Crippen LogP contribution >= 0.6 is 12.6 Å². The van der Waals surface area contributed by atoms with Gasteiger partial charge < -0.3 is 20.3 Å².